The summed E-state index contributed by atoms with van der Waals surface area (Å²) < 4.78 is 39.0. The number of hydrogen-bond donors (Lipinski definition) is 2. The summed E-state index contributed by atoms with van der Waals surface area (Å²) in [7, 11) is 0. The van der Waals surface area contributed by atoms with E-state index in [9.17, 15) is 18.0 Å². The number of fused-ring (bicyclic) bond motifs is 1. The second-order valence-electron chi connectivity index (χ2n) is 5.68. The maximum atomic E-state index is 13.0. The molecule has 0 aliphatic rings. The summed E-state index contributed by atoms with van der Waals surface area (Å²) in [5, 5.41) is 3.09. The van der Waals surface area contributed by atoms with Gasteiger partial charge in [0, 0.05) is 28.2 Å². The van der Waals surface area contributed by atoms with Gasteiger partial charge < -0.3 is 10.3 Å². The first-order chi connectivity index (χ1) is 9.06. The van der Waals surface area contributed by atoms with E-state index in [0.29, 0.717) is 11.8 Å². The fraction of sp³-hybridized carbons (Fsp3) is 0.357. The van der Waals surface area contributed by atoms with Crippen LogP contribution in [0, 0.1) is 0 Å². The van der Waals surface area contributed by atoms with Crippen LogP contribution in [0.1, 0.15) is 26.3 Å². The minimum atomic E-state index is -4.56. The molecule has 0 saturated carbocycles. The van der Waals surface area contributed by atoms with Gasteiger partial charge in [0.2, 0.25) is 5.56 Å². The number of hydrogen-bond acceptors (Lipinski definition) is 2. The van der Waals surface area contributed by atoms with Crippen molar-refractivity contribution in [2.75, 3.05) is 5.32 Å². The van der Waals surface area contributed by atoms with Crippen molar-refractivity contribution in [1.29, 1.82) is 0 Å². The molecule has 20 heavy (non-hydrogen) atoms. The van der Waals surface area contributed by atoms with Gasteiger partial charge in [0.05, 0.1) is 5.56 Å². The molecule has 0 radical (unpaired) electrons. The second-order valence-corrected chi connectivity index (χ2v) is 5.68. The van der Waals surface area contributed by atoms with E-state index in [-0.39, 0.29) is 16.4 Å². The average Bonchev–Trinajstić information content (AvgIpc) is 2.25. The predicted molar refractivity (Wildman–Crippen MR) is 72.9 cm³/mol. The van der Waals surface area contributed by atoms with Gasteiger partial charge in [-0.15, -0.1) is 0 Å². The summed E-state index contributed by atoms with van der Waals surface area (Å²) in [5.74, 6) is 0. The number of benzene rings is 1. The minimum absolute atomic E-state index is 0.0219. The molecular weight excluding hydrogens is 269 g/mol. The molecule has 0 fully saturated rings. The highest BCUT2D eigenvalue weighted by molar-refractivity contribution is 5.86. The molecule has 3 nitrogen and oxygen atoms in total. The van der Waals surface area contributed by atoms with Crippen molar-refractivity contribution in [1.82, 2.24) is 4.98 Å². The van der Waals surface area contributed by atoms with Crippen molar-refractivity contribution in [3.63, 3.8) is 0 Å². The first-order valence-corrected chi connectivity index (χ1v) is 6.09. The number of aromatic amines is 1. The third kappa shape index (κ3) is 3.12. The molecule has 2 rings (SSSR count). The molecule has 0 unspecified atom stereocenters. The molecule has 1 aromatic carbocycles. The summed E-state index contributed by atoms with van der Waals surface area (Å²) in [6.45, 7) is 5.73. The lowest BCUT2D eigenvalue weighted by molar-refractivity contribution is -0.136. The highest BCUT2D eigenvalue weighted by Crippen LogP contribution is 2.34. The van der Waals surface area contributed by atoms with Crippen molar-refractivity contribution < 1.29 is 13.2 Å². The smallest absolute Gasteiger partial charge is 0.380 e. The molecule has 0 bridgehead atoms. The summed E-state index contributed by atoms with van der Waals surface area (Å²) in [5.41, 5.74) is -1.21. The lowest BCUT2D eigenvalue weighted by Gasteiger charge is -2.22. The Hall–Kier alpha value is -1.98. The fourth-order valence-corrected chi connectivity index (χ4v) is 2.00. The fourth-order valence-electron chi connectivity index (χ4n) is 2.00. The molecule has 0 spiro atoms. The zero-order chi connectivity index (χ0) is 15.1. The molecule has 0 aliphatic heterocycles. The van der Waals surface area contributed by atoms with E-state index >= 15 is 0 Å². The Bertz CT molecular complexity index is 696. The molecule has 0 amide bonds. The molecule has 6 heteroatoms. The Kier molecular flexibility index (Phi) is 3.28. The van der Waals surface area contributed by atoms with Gasteiger partial charge in [0.25, 0.3) is 0 Å². The second kappa shape index (κ2) is 4.54. The quantitative estimate of drug-likeness (QED) is 0.837. The van der Waals surface area contributed by atoms with E-state index in [1.165, 1.54) is 12.1 Å². The van der Waals surface area contributed by atoms with E-state index < -0.39 is 17.3 Å². The van der Waals surface area contributed by atoms with Crippen molar-refractivity contribution in [3.8, 4) is 0 Å². The van der Waals surface area contributed by atoms with Crippen molar-refractivity contribution in [2.45, 2.75) is 32.5 Å². The van der Waals surface area contributed by atoms with Crippen molar-refractivity contribution in [2.24, 2.45) is 0 Å². The number of pyridine rings is 1. The van der Waals surface area contributed by atoms with Crippen LogP contribution in [0.2, 0.25) is 0 Å². The highest BCUT2D eigenvalue weighted by atomic mass is 19.4. The Morgan fingerprint density at radius 3 is 2.30 bits per heavy atom. The summed E-state index contributed by atoms with van der Waals surface area (Å²) in [6.07, 6.45) is -4.56. The van der Waals surface area contributed by atoms with Crippen LogP contribution >= 0.6 is 0 Å². The van der Waals surface area contributed by atoms with Crippen LogP contribution in [0.5, 0.6) is 0 Å². The van der Waals surface area contributed by atoms with Gasteiger partial charge >= 0.3 is 6.18 Å². The van der Waals surface area contributed by atoms with Crippen LogP contribution in [0.15, 0.2) is 29.1 Å². The SMILES string of the molecule is CC(C)(C)Nc1ccc2[nH]c(=O)cc(C(F)(F)F)c2c1. The van der Waals surface area contributed by atoms with Crippen molar-refractivity contribution in [3.05, 3.63) is 40.2 Å². The van der Waals surface area contributed by atoms with Gasteiger partial charge in [-0.25, -0.2) is 0 Å². The maximum Gasteiger partial charge on any atom is 0.417 e. The van der Waals surface area contributed by atoms with Gasteiger partial charge in [-0.1, -0.05) is 0 Å². The topological polar surface area (TPSA) is 44.9 Å². The lowest BCUT2D eigenvalue weighted by atomic mass is 10.1. The number of anilines is 1. The molecule has 108 valence electrons. The number of nitrogens with one attached hydrogen (secondary N) is 2. The van der Waals surface area contributed by atoms with Crippen LogP contribution < -0.4 is 10.9 Å². The first-order valence-electron chi connectivity index (χ1n) is 6.09. The van der Waals surface area contributed by atoms with E-state index in [0.717, 1.165) is 0 Å². The molecule has 1 aromatic heterocycles. The zero-order valence-electron chi connectivity index (χ0n) is 11.4. The number of rotatable bonds is 1. The van der Waals surface area contributed by atoms with E-state index in [1.807, 2.05) is 20.8 Å². The van der Waals surface area contributed by atoms with Crippen LogP contribution in [0.3, 0.4) is 0 Å². The third-order valence-electron chi connectivity index (χ3n) is 2.67. The molecular formula is C14H15F3N2O. The Labute approximate surface area is 113 Å². The van der Waals surface area contributed by atoms with Crippen LogP contribution in [0.4, 0.5) is 18.9 Å². The molecule has 2 aromatic rings. The Morgan fingerprint density at radius 2 is 1.75 bits per heavy atom. The number of alkyl halides is 3. The standard InChI is InChI=1S/C14H15F3N2O/c1-13(2,3)19-8-4-5-11-9(6-8)10(14(15,16)17)7-12(20)18-11/h4-7,19H,1-3H3,(H,18,20). The molecule has 0 aliphatic carbocycles. The van der Waals surface area contributed by atoms with Gasteiger partial charge in [-0.3, -0.25) is 4.79 Å². The molecule has 0 saturated heterocycles. The van der Waals surface area contributed by atoms with E-state index in [4.69, 9.17) is 0 Å². The maximum absolute atomic E-state index is 13.0. The average molecular weight is 284 g/mol. The molecule has 0 atom stereocenters. The first kappa shape index (κ1) is 14.4. The lowest BCUT2D eigenvalue weighted by Crippen LogP contribution is -2.26. The summed E-state index contributed by atoms with van der Waals surface area (Å²) in [4.78, 5) is 13.7. The summed E-state index contributed by atoms with van der Waals surface area (Å²) in [6, 6.07) is 5.10. The largest absolute Gasteiger partial charge is 0.417 e. The number of aromatic nitrogens is 1. The number of H-pyrrole nitrogens is 1. The van der Waals surface area contributed by atoms with Crippen LogP contribution in [0.25, 0.3) is 10.9 Å². The number of halogens is 3. The zero-order valence-corrected chi connectivity index (χ0v) is 11.4. The summed E-state index contributed by atoms with van der Waals surface area (Å²) >= 11 is 0. The minimum Gasteiger partial charge on any atom is -0.380 e. The predicted octanol–water partition coefficient (Wildman–Crippen LogP) is 3.76. The van der Waals surface area contributed by atoms with Crippen molar-refractivity contribution >= 4 is 16.6 Å². The Morgan fingerprint density at radius 1 is 1.10 bits per heavy atom. The normalized spacial score (nSPS) is 12.7. The molecule has 2 N–H and O–H groups in total. The highest BCUT2D eigenvalue weighted by Gasteiger charge is 2.33. The van der Waals surface area contributed by atoms with Crippen LogP contribution in [-0.2, 0) is 6.18 Å². The Balaban J connectivity index is 2.67. The van der Waals surface area contributed by atoms with E-state index in [2.05, 4.69) is 10.3 Å². The van der Waals surface area contributed by atoms with E-state index in [1.54, 1.807) is 6.07 Å². The molecule has 1 heterocycles. The van der Waals surface area contributed by atoms with Crippen LogP contribution in [-0.4, -0.2) is 10.5 Å². The van der Waals surface area contributed by atoms with Gasteiger partial charge in [-0.2, -0.15) is 13.2 Å². The van der Waals surface area contributed by atoms with Gasteiger partial charge in [-0.05, 0) is 39.0 Å². The van der Waals surface area contributed by atoms with Gasteiger partial charge in [0.1, 0.15) is 0 Å². The third-order valence-corrected chi connectivity index (χ3v) is 2.67. The monoisotopic (exact) mass is 284 g/mol. The van der Waals surface area contributed by atoms with Gasteiger partial charge in [0.15, 0.2) is 0 Å².